The first-order valence-electron chi connectivity index (χ1n) is 8.30. The molecule has 0 radical (unpaired) electrons. The number of nitrogens with one attached hydrogen (secondary N) is 1. The molecule has 8 nitrogen and oxygen atoms in total. The number of amides is 1. The summed E-state index contributed by atoms with van der Waals surface area (Å²) in [6.07, 6.45) is 0.710. The highest BCUT2D eigenvalue weighted by Crippen LogP contribution is 2.24. The van der Waals surface area contributed by atoms with Crippen molar-refractivity contribution in [3.8, 4) is 5.75 Å². The van der Waals surface area contributed by atoms with Gasteiger partial charge in [-0.2, -0.15) is 9.90 Å². The van der Waals surface area contributed by atoms with E-state index in [0.717, 1.165) is 10.9 Å². The van der Waals surface area contributed by atoms with Crippen LogP contribution in [-0.4, -0.2) is 27.0 Å². The number of hydrogen-bond donors (Lipinski definition) is 1. The lowest BCUT2D eigenvalue weighted by molar-refractivity contribution is -0.122. The molecular formula is C18H20N4O4. The molecule has 1 atom stereocenters. The van der Waals surface area contributed by atoms with Gasteiger partial charge in [-0.25, -0.2) is 4.79 Å². The van der Waals surface area contributed by atoms with Gasteiger partial charge in [-0.3, -0.25) is 4.79 Å². The maximum atomic E-state index is 12.2. The van der Waals surface area contributed by atoms with Crippen molar-refractivity contribution in [3.05, 3.63) is 45.9 Å². The highest BCUT2D eigenvalue weighted by molar-refractivity contribution is 5.93. The van der Waals surface area contributed by atoms with Crippen molar-refractivity contribution in [2.45, 2.75) is 40.3 Å². The highest BCUT2D eigenvalue weighted by atomic mass is 16.5. The molecule has 0 bridgehead atoms. The number of carbonyl (C=O) groups is 1. The van der Waals surface area contributed by atoms with Gasteiger partial charge in [0, 0.05) is 17.0 Å². The summed E-state index contributed by atoms with van der Waals surface area (Å²) in [5.41, 5.74) is 1.50. The summed E-state index contributed by atoms with van der Waals surface area (Å²) in [6, 6.07) is 5.17. The smallest absolute Gasteiger partial charge is 0.339 e. The minimum absolute atomic E-state index is 0.352. The van der Waals surface area contributed by atoms with Crippen LogP contribution in [0.5, 0.6) is 5.75 Å². The average Bonchev–Trinajstić information content (AvgIpc) is 3.07. The Labute approximate surface area is 149 Å². The van der Waals surface area contributed by atoms with Gasteiger partial charge < -0.3 is 14.5 Å². The second-order valence-electron chi connectivity index (χ2n) is 5.97. The number of rotatable bonds is 5. The van der Waals surface area contributed by atoms with Crippen LogP contribution in [0.3, 0.4) is 0 Å². The van der Waals surface area contributed by atoms with Crippen LogP contribution >= 0.6 is 0 Å². The lowest BCUT2D eigenvalue weighted by Crippen LogP contribution is -2.30. The van der Waals surface area contributed by atoms with Crippen LogP contribution in [0.25, 0.3) is 11.0 Å². The molecule has 1 amide bonds. The van der Waals surface area contributed by atoms with Crippen LogP contribution in [0.2, 0.25) is 0 Å². The molecule has 0 fully saturated rings. The molecule has 0 saturated carbocycles. The lowest BCUT2D eigenvalue weighted by atomic mass is 10.1. The molecule has 0 spiro atoms. The van der Waals surface area contributed by atoms with E-state index in [1.807, 2.05) is 19.9 Å². The third-order valence-electron chi connectivity index (χ3n) is 4.18. The van der Waals surface area contributed by atoms with Gasteiger partial charge in [0.25, 0.3) is 5.91 Å². The molecule has 26 heavy (non-hydrogen) atoms. The summed E-state index contributed by atoms with van der Waals surface area (Å²) in [7, 11) is 0. The maximum Gasteiger partial charge on any atom is 0.339 e. The quantitative estimate of drug-likeness (QED) is 0.705. The molecule has 3 rings (SSSR count). The monoisotopic (exact) mass is 356 g/mol. The van der Waals surface area contributed by atoms with Crippen LogP contribution in [0.1, 0.15) is 25.0 Å². The molecule has 136 valence electrons. The van der Waals surface area contributed by atoms with Crippen molar-refractivity contribution in [2.24, 2.45) is 0 Å². The van der Waals surface area contributed by atoms with E-state index in [-0.39, 0.29) is 11.5 Å². The molecule has 8 heteroatoms. The topological polar surface area (TPSA) is 99.2 Å². The number of fused-ring (bicyclic) bond motifs is 1. The third-order valence-corrected chi connectivity index (χ3v) is 4.18. The standard InChI is InChI=1S/C18H20N4O4/c1-5-22-19-9-16(21-22)20-17(23)12(4)25-13-6-7-14-10(2)11(3)18(24)26-15(14)8-13/h6-9,12H,5H2,1-4H3,(H,20,21,23). The number of hydrogen-bond acceptors (Lipinski definition) is 6. The first-order valence-corrected chi connectivity index (χ1v) is 8.30. The minimum Gasteiger partial charge on any atom is -0.481 e. The van der Waals surface area contributed by atoms with Gasteiger partial charge in [0.05, 0.1) is 12.7 Å². The number of anilines is 1. The lowest BCUT2D eigenvalue weighted by Gasteiger charge is -2.14. The second kappa shape index (κ2) is 6.99. The maximum absolute atomic E-state index is 12.2. The molecule has 0 aliphatic carbocycles. The van der Waals surface area contributed by atoms with Crippen molar-refractivity contribution < 1.29 is 13.9 Å². The summed E-state index contributed by atoms with van der Waals surface area (Å²) >= 11 is 0. The van der Waals surface area contributed by atoms with Crippen molar-refractivity contribution in [3.63, 3.8) is 0 Å². The fourth-order valence-electron chi connectivity index (χ4n) is 2.49. The van der Waals surface area contributed by atoms with E-state index in [2.05, 4.69) is 15.5 Å². The fraction of sp³-hybridized carbons (Fsp3) is 0.333. The summed E-state index contributed by atoms with van der Waals surface area (Å²) < 4.78 is 11.0. The van der Waals surface area contributed by atoms with E-state index in [1.54, 1.807) is 26.0 Å². The Morgan fingerprint density at radius 2 is 2.12 bits per heavy atom. The number of aryl methyl sites for hydroxylation is 2. The largest absolute Gasteiger partial charge is 0.481 e. The molecular weight excluding hydrogens is 336 g/mol. The van der Waals surface area contributed by atoms with E-state index in [0.29, 0.717) is 29.3 Å². The summed E-state index contributed by atoms with van der Waals surface area (Å²) in [6.45, 7) is 7.74. The Morgan fingerprint density at radius 1 is 1.35 bits per heavy atom. The van der Waals surface area contributed by atoms with E-state index >= 15 is 0 Å². The molecule has 3 aromatic rings. The molecule has 0 aliphatic rings. The van der Waals surface area contributed by atoms with Crippen LogP contribution in [0, 0.1) is 13.8 Å². The van der Waals surface area contributed by atoms with Crippen LogP contribution in [-0.2, 0) is 11.3 Å². The van der Waals surface area contributed by atoms with E-state index in [9.17, 15) is 9.59 Å². The number of carbonyl (C=O) groups excluding carboxylic acids is 1. The molecule has 1 N–H and O–H groups in total. The zero-order chi connectivity index (χ0) is 18.8. The van der Waals surface area contributed by atoms with Gasteiger partial charge >= 0.3 is 5.63 Å². The Morgan fingerprint density at radius 3 is 2.81 bits per heavy atom. The molecule has 1 aromatic carbocycles. The van der Waals surface area contributed by atoms with Gasteiger partial charge in [-0.05, 0) is 45.4 Å². The SMILES string of the molecule is CCn1ncc(NC(=O)C(C)Oc2ccc3c(C)c(C)c(=O)oc3c2)n1. The molecule has 0 aliphatic heterocycles. The second-order valence-corrected chi connectivity index (χ2v) is 5.97. The Kier molecular flexibility index (Phi) is 4.75. The Hall–Kier alpha value is -3.16. The zero-order valence-corrected chi connectivity index (χ0v) is 15.1. The fourth-order valence-corrected chi connectivity index (χ4v) is 2.49. The summed E-state index contributed by atoms with van der Waals surface area (Å²) in [5.74, 6) is 0.446. The average molecular weight is 356 g/mol. The van der Waals surface area contributed by atoms with Crippen molar-refractivity contribution >= 4 is 22.7 Å². The number of ether oxygens (including phenoxy) is 1. The van der Waals surface area contributed by atoms with E-state index in [1.165, 1.54) is 11.0 Å². The van der Waals surface area contributed by atoms with Gasteiger partial charge in [0.15, 0.2) is 11.9 Å². The first-order chi connectivity index (χ1) is 12.4. The van der Waals surface area contributed by atoms with Gasteiger partial charge in [0.1, 0.15) is 11.3 Å². The highest BCUT2D eigenvalue weighted by Gasteiger charge is 2.17. The number of aromatic nitrogens is 3. The Bertz CT molecular complexity index is 1020. The molecule has 2 aromatic heterocycles. The van der Waals surface area contributed by atoms with Crippen LogP contribution in [0.4, 0.5) is 5.82 Å². The molecule has 0 saturated heterocycles. The van der Waals surface area contributed by atoms with Crippen molar-refractivity contribution in [2.75, 3.05) is 5.32 Å². The van der Waals surface area contributed by atoms with Gasteiger partial charge in [-0.1, -0.05) is 0 Å². The number of benzene rings is 1. The zero-order valence-electron chi connectivity index (χ0n) is 15.1. The normalized spacial score (nSPS) is 12.2. The predicted octanol–water partition coefficient (Wildman–Crippen LogP) is 2.43. The first kappa shape index (κ1) is 17.7. The molecule has 1 unspecified atom stereocenters. The van der Waals surface area contributed by atoms with Gasteiger partial charge in [-0.15, -0.1) is 5.10 Å². The predicted molar refractivity (Wildman–Crippen MR) is 96.4 cm³/mol. The van der Waals surface area contributed by atoms with Crippen LogP contribution in [0.15, 0.2) is 33.6 Å². The Balaban J connectivity index is 1.76. The van der Waals surface area contributed by atoms with E-state index < -0.39 is 6.10 Å². The number of nitrogens with zero attached hydrogens (tertiary/aromatic N) is 3. The van der Waals surface area contributed by atoms with E-state index in [4.69, 9.17) is 9.15 Å². The minimum atomic E-state index is -0.766. The summed E-state index contributed by atoms with van der Waals surface area (Å²) in [5, 5.41) is 11.6. The van der Waals surface area contributed by atoms with Crippen molar-refractivity contribution in [1.82, 2.24) is 15.0 Å². The van der Waals surface area contributed by atoms with Crippen LogP contribution < -0.4 is 15.7 Å². The summed E-state index contributed by atoms with van der Waals surface area (Å²) in [4.78, 5) is 25.6. The van der Waals surface area contributed by atoms with Crippen molar-refractivity contribution in [1.29, 1.82) is 0 Å². The third kappa shape index (κ3) is 3.44. The van der Waals surface area contributed by atoms with Gasteiger partial charge in [0.2, 0.25) is 0 Å². The molecule has 2 heterocycles.